The highest BCUT2D eigenvalue weighted by atomic mass is 19.3. The Morgan fingerprint density at radius 3 is 2.07 bits per heavy atom. The summed E-state index contributed by atoms with van der Waals surface area (Å²) in [5.74, 6) is -3.26. The van der Waals surface area contributed by atoms with Crippen LogP contribution in [-0.2, 0) is 4.79 Å². The summed E-state index contributed by atoms with van der Waals surface area (Å²) in [6.45, 7) is 5.35. The van der Waals surface area contributed by atoms with Gasteiger partial charge in [-0.05, 0) is 20.8 Å². The van der Waals surface area contributed by atoms with Gasteiger partial charge in [0.2, 0.25) is 5.91 Å². The van der Waals surface area contributed by atoms with Gasteiger partial charge in [-0.15, -0.1) is 0 Å². The topological polar surface area (TPSA) is 55.1 Å². The first kappa shape index (κ1) is 11.4. The number of halogens is 2. The van der Waals surface area contributed by atoms with Gasteiger partial charge in [0, 0.05) is 18.4 Å². The lowest BCUT2D eigenvalue weighted by molar-refractivity contribution is -0.157. The molecule has 1 saturated carbocycles. The van der Waals surface area contributed by atoms with Crippen LogP contribution in [0.1, 0.15) is 33.6 Å². The molecule has 1 aliphatic carbocycles. The molecule has 0 heterocycles. The van der Waals surface area contributed by atoms with E-state index in [0.29, 0.717) is 0 Å². The highest BCUT2D eigenvalue weighted by molar-refractivity contribution is 5.88. The smallest absolute Gasteiger partial charge is 0.252 e. The molecule has 82 valence electrons. The predicted molar refractivity (Wildman–Crippen MR) is 49.0 cm³/mol. The highest BCUT2D eigenvalue weighted by Gasteiger charge is 2.58. The van der Waals surface area contributed by atoms with E-state index >= 15 is 0 Å². The van der Waals surface area contributed by atoms with Gasteiger partial charge in [0.05, 0.1) is 0 Å². The van der Waals surface area contributed by atoms with Crippen molar-refractivity contribution < 1.29 is 13.6 Å². The molecule has 0 saturated heterocycles. The maximum atomic E-state index is 12.6. The van der Waals surface area contributed by atoms with Gasteiger partial charge in [-0.25, -0.2) is 8.78 Å². The van der Waals surface area contributed by atoms with Crippen LogP contribution in [0.25, 0.3) is 0 Å². The van der Waals surface area contributed by atoms with Gasteiger partial charge in [-0.1, -0.05) is 0 Å². The van der Waals surface area contributed by atoms with Crippen LogP contribution >= 0.6 is 0 Å². The minimum absolute atomic E-state index is 0.436. The Morgan fingerprint density at radius 1 is 1.36 bits per heavy atom. The zero-order chi connectivity index (χ0) is 11.2. The van der Waals surface area contributed by atoms with Crippen LogP contribution < -0.4 is 11.1 Å². The van der Waals surface area contributed by atoms with Crippen molar-refractivity contribution in [2.24, 2.45) is 5.73 Å². The van der Waals surface area contributed by atoms with Crippen molar-refractivity contribution in [3.8, 4) is 0 Å². The molecule has 1 amide bonds. The molecule has 0 unspecified atom stereocenters. The van der Waals surface area contributed by atoms with E-state index in [9.17, 15) is 13.6 Å². The lowest BCUT2D eigenvalue weighted by Crippen LogP contribution is -2.68. The molecule has 0 spiro atoms. The third kappa shape index (κ3) is 2.41. The van der Waals surface area contributed by atoms with Crippen molar-refractivity contribution in [3.05, 3.63) is 0 Å². The molecule has 1 aliphatic rings. The summed E-state index contributed by atoms with van der Waals surface area (Å²) >= 11 is 0. The van der Waals surface area contributed by atoms with E-state index in [1.165, 1.54) is 0 Å². The first-order valence-corrected chi connectivity index (χ1v) is 4.53. The van der Waals surface area contributed by atoms with Crippen LogP contribution in [0, 0.1) is 0 Å². The Morgan fingerprint density at radius 2 is 1.79 bits per heavy atom. The maximum absolute atomic E-state index is 12.6. The van der Waals surface area contributed by atoms with Gasteiger partial charge < -0.3 is 11.1 Å². The molecule has 0 aromatic rings. The molecule has 5 heteroatoms. The molecule has 14 heavy (non-hydrogen) atoms. The van der Waals surface area contributed by atoms with Gasteiger partial charge in [0.25, 0.3) is 5.92 Å². The summed E-state index contributed by atoms with van der Waals surface area (Å²) in [7, 11) is 0. The number of rotatable bonds is 1. The number of nitrogens with two attached hydrogens (primary N) is 1. The van der Waals surface area contributed by atoms with Crippen LogP contribution in [0.5, 0.6) is 0 Å². The summed E-state index contributed by atoms with van der Waals surface area (Å²) in [4.78, 5) is 11.5. The molecule has 0 aliphatic heterocycles. The quantitative estimate of drug-likeness (QED) is 0.673. The first-order chi connectivity index (χ1) is 6.04. The normalized spacial score (nSPS) is 23.9. The number of hydrogen-bond acceptors (Lipinski definition) is 2. The summed E-state index contributed by atoms with van der Waals surface area (Å²) in [6.07, 6.45) is -1.11. The Labute approximate surface area is 82.0 Å². The predicted octanol–water partition coefficient (Wildman–Crippen LogP) is 1.03. The monoisotopic (exact) mass is 206 g/mol. The van der Waals surface area contributed by atoms with Crippen molar-refractivity contribution in [2.75, 3.05) is 0 Å². The Balaban J connectivity index is 2.56. The lowest BCUT2D eigenvalue weighted by atomic mass is 9.73. The Bertz CT molecular complexity index is 250. The van der Waals surface area contributed by atoms with E-state index in [0.717, 1.165) is 0 Å². The molecule has 1 fully saturated rings. The summed E-state index contributed by atoms with van der Waals surface area (Å²) in [5.41, 5.74) is 3.72. The summed E-state index contributed by atoms with van der Waals surface area (Å²) in [6, 6.07) is 0. The Hall–Kier alpha value is -0.710. The van der Waals surface area contributed by atoms with Crippen LogP contribution in [-0.4, -0.2) is 22.9 Å². The third-order valence-electron chi connectivity index (χ3n) is 2.09. The number of hydrogen-bond donors (Lipinski definition) is 2. The average Bonchev–Trinajstić information content (AvgIpc) is 1.77. The van der Waals surface area contributed by atoms with Crippen LogP contribution in [0.2, 0.25) is 0 Å². The van der Waals surface area contributed by atoms with Gasteiger partial charge in [-0.2, -0.15) is 0 Å². The maximum Gasteiger partial charge on any atom is 0.252 e. The number of amides is 1. The van der Waals surface area contributed by atoms with Gasteiger partial charge in [0.15, 0.2) is 0 Å². The third-order valence-corrected chi connectivity index (χ3v) is 2.09. The Kier molecular flexibility index (Phi) is 2.34. The van der Waals surface area contributed by atoms with E-state index in [1.54, 1.807) is 20.8 Å². The summed E-state index contributed by atoms with van der Waals surface area (Å²) < 4.78 is 25.1. The molecule has 3 N–H and O–H groups in total. The first-order valence-electron chi connectivity index (χ1n) is 4.53. The van der Waals surface area contributed by atoms with Crippen molar-refractivity contribution in [1.29, 1.82) is 0 Å². The largest absolute Gasteiger partial charge is 0.350 e. The second-order valence-corrected chi connectivity index (χ2v) is 5.07. The fraction of sp³-hybridized carbons (Fsp3) is 0.889. The number of nitrogens with one attached hydrogen (secondary N) is 1. The summed E-state index contributed by atoms with van der Waals surface area (Å²) in [5, 5.41) is 2.60. The van der Waals surface area contributed by atoms with Crippen LogP contribution in [0.4, 0.5) is 8.78 Å². The van der Waals surface area contributed by atoms with Gasteiger partial charge >= 0.3 is 0 Å². The molecule has 0 aromatic carbocycles. The number of alkyl halides is 2. The number of carbonyl (C=O) groups is 1. The molecule has 0 aromatic heterocycles. The molecular weight excluding hydrogens is 190 g/mol. The van der Waals surface area contributed by atoms with Crippen LogP contribution in [0.15, 0.2) is 0 Å². The fourth-order valence-corrected chi connectivity index (χ4v) is 1.50. The zero-order valence-corrected chi connectivity index (χ0v) is 8.66. The molecule has 0 bridgehead atoms. The van der Waals surface area contributed by atoms with Gasteiger partial charge in [0.1, 0.15) is 5.54 Å². The van der Waals surface area contributed by atoms with Gasteiger partial charge in [-0.3, -0.25) is 4.79 Å². The molecular formula is C9H16F2N2O. The molecule has 3 nitrogen and oxygen atoms in total. The average molecular weight is 206 g/mol. The second kappa shape index (κ2) is 2.89. The zero-order valence-electron chi connectivity index (χ0n) is 8.66. The number of carbonyl (C=O) groups excluding carboxylic acids is 1. The highest BCUT2D eigenvalue weighted by Crippen LogP contribution is 2.44. The van der Waals surface area contributed by atoms with E-state index in [1.807, 2.05) is 0 Å². The van der Waals surface area contributed by atoms with Crippen molar-refractivity contribution in [3.63, 3.8) is 0 Å². The minimum Gasteiger partial charge on any atom is -0.350 e. The van der Waals surface area contributed by atoms with E-state index in [-0.39, 0.29) is 0 Å². The SMILES string of the molecule is CC(C)(C)NC(=O)C1(N)CC(F)(F)C1. The standard InChI is InChI=1S/C9H16F2N2O/c1-7(2,3)13-6(14)8(12)4-9(10,11)5-8/h4-5,12H2,1-3H3,(H,13,14). The van der Waals surface area contributed by atoms with Crippen molar-refractivity contribution in [1.82, 2.24) is 5.32 Å². The fourth-order valence-electron chi connectivity index (χ4n) is 1.50. The van der Waals surface area contributed by atoms with Crippen molar-refractivity contribution >= 4 is 5.91 Å². The second-order valence-electron chi connectivity index (χ2n) is 5.07. The lowest BCUT2D eigenvalue weighted by Gasteiger charge is -2.44. The van der Waals surface area contributed by atoms with E-state index < -0.39 is 35.7 Å². The molecule has 0 radical (unpaired) electrons. The molecule has 0 atom stereocenters. The van der Waals surface area contributed by atoms with E-state index in [2.05, 4.69) is 5.32 Å². The van der Waals surface area contributed by atoms with Crippen molar-refractivity contribution in [2.45, 2.75) is 50.6 Å². The van der Waals surface area contributed by atoms with Crippen LogP contribution in [0.3, 0.4) is 0 Å². The minimum atomic E-state index is -2.77. The van der Waals surface area contributed by atoms with E-state index in [4.69, 9.17) is 5.73 Å². The molecule has 1 rings (SSSR count).